The van der Waals surface area contributed by atoms with E-state index in [-0.39, 0.29) is 0 Å². The Morgan fingerprint density at radius 3 is 2.58 bits per heavy atom. The van der Waals surface area contributed by atoms with Gasteiger partial charge in [0.2, 0.25) is 0 Å². The molecule has 2 aliphatic carbocycles. The van der Waals surface area contributed by atoms with Crippen molar-refractivity contribution < 1.29 is 0 Å². The zero-order valence-electron chi connectivity index (χ0n) is 13.0. The Morgan fingerprint density at radius 1 is 1.11 bits per heavy atom. The fourth-order valence-corrected chi connectivity index (χ4v) is 4.84. The Kier molecular flexibility index (Phi) is 3.23. The van der Waals surface area contributed by atoms with Gasteiger partial charge in [0.25, 0.3) is 0 Å². The average molecular weight is 256 g/mol. The highest BCUT2D eigenvalue weighted by Gasteiger charge is 2.48. The summed E-state index contributed by atoms with van der Waals surface area (Å²) in [6.07, 6.45) is 7.05. The Bertz CT molecular complexity index is 469. The topological polar surface area (TPSA) is 0 Å². The zero-order valence-corrected chi connectivity index (χ0v) is 13.0. The number of fused-ring (bicyclic) bond motifs is 2. The third kappa shape index (κ3) is 1.95. The summed E-state index contributed by atoms with van der Waals surface area (Å²) in [5, 5.41) is 0. The van der Waals surface area contributed by atoms with Crippen LogP contribution in [0.5, 0.6) is 0 Å². The molecule has 1 aromatic carbocycles. The van der Waals surface area contributed by atoms with Crippen LogP contribution in [0.15, 0.2) is 18.2 Å². The lowest BCUT2D eigenvalue weighted by Gasteiger charge is -2.35. The van der Waals surface area contributed by atoms with E-state index in [1.165, 1.54) is 37.7 Å². The van der Waals surface area contributed by atoms with Gasteiger partial charge >= 0.3 is 0 Å². The van der Waals surface area contributed by atoms with Crippen LogP contribution in [0.4, 0.5) is 0 Å². The van der Waals surface area contributed by atoms with Crippen molar-refractivity contribution in [2.75, 3.05) is 0 Å². The van der Waals surface area contributed by atoms with Gasteiger partial charge in [-0.25, -0.2) is 0 Å². The van der Waals surface area contributed by atoms with Gasteiger partial charge in [-0.1, -0.05) is 52.3 Å². The van der Waals surface area contributed by atoms with Crippen LogP contribution in [0, 0.1) is 11.8 Å². The van der Waals surface area contributed by atoms with E-state index in [4.69, 9.17) is 0 Å². The normalized spacial score (nSPS) is 29.7. The van der Waals surface area contributed by atoms with Gasteiger partial charge in [0.1, 0.15) is 0 Å². The highest BCUT2D eigenvalue weighted by atomic mass is 14.5. The van der Waals surface area contributed by atoms with Gasteiger partial charge in [-0.2, -0.15) is 0 Å². The molecule has 0 bridgehead atoms. The van der Waals surface area contributed by atoms with Crippen LogP contribution in [-0.2, 0) is 11.8 Å². The first-order valence-corrected chi connectivity index (χ1v) is 8.18. The standard InChI is InChI=1S/C19H28/c1-13(2)16-8-7-15-9-11-19(18(15)12-16)10-5-6-17(19)14(3)4/h7-8,12-14,17H,5-6,9-11H2,1-4H3. The van der Waals surface area contributed by atoms with E-state index >= 15 is 0 Å². The maximum absolute atomic E-state index is 2.56. The van der Waals surface area contributed by atoms with Gasteiger partial charge in [0.15, 0.2) is 0 Å². The van der Waals surface area contributed by atoms with Gasteiger partial charge in [-0.15, -0.1) is 0 Å². The molecule has 1 spiro atoms. The molecule has 1 fully saturated rings. The summed E-state index contributed by atoms with van der Waals surface area (Å²) >= 11 is 0. The molecule has 0 amide bonds. The lowest BCUT2D eigenvalue weighted by molar-refractivity contribution is 0.242. The maximum Gasteiger partial charge on any atom is -0.00103 e. The van der Waals surface area contributed by atoms with Gasteiger partial charge < -0.3 is 0 Å². The number of hydrogen-bond acceptors (Lipinski definition) is 0. The number of benzene rings is 1. The maximum atomic E-state index is 2.56. The molecular weight excluding hydrogens is 228 g/mol. The van der Waals surface area contributed by atoms with Gasteiger partial charge in [0, 0.05) is 0 Å². The molecule has 0 heteroatoms. The van der Waals surface area contributed by atoms with E-state index in [0.29, 0.717) is 11.3 Å². The average Bonchev–Trinajstić information content (AvgIpc) is 2.95. The minimum Gasteiger partial charge on any atom is -0.0625 e. The summed E-state index contributed by atoms with van der Waals surface area (Å²) in [5.74, 6) is 2.40. The molecule has 0 aromatic heterocycles. The highest BCUT2D eigenvalue weighted by molar-refractivity contribution is 5.44. The second-order valence-corrected chi connectivity index (χ2v) is 7.47. The lowest BCUT2D eigenvalue weighted by Crippen LogP contribution is -2.31. The van der Waals surface area contributed by atoms with E-state index in [1.807, 2.05) is 0 Å². The Morgan fingerprint density at radius 2 is 1.89 bits per heavy atom. The minimum absolute atomic E-state index is 0.536. The van der Waals surface area contributed by atoms with Crippen molar-refractivity contribution in [3.05, 3.63) is 34.9 Å². The molecule has 0 N–H and O–H groups in total. The first-order valence-electron chi connectivity index (χ1n) is 8.18. The fraction of sp³-hybridized carbons (Fsp3) is 0.684. The molecule has 0 radical (unpaired) electrons. The summed E-state index contributed by atoms with van der Waals surface area (Å²) < 4.78 is 0. The SMILES string of the molecule is CC(C)c1ccc2c(c1)C1(CCCC1C(C)C)CC2. The summed E-state index contributed by atoms with van der Waals surface area (Å²) in [6.45, 7) is 9.50. The van der Waals surface area contributed by atoms with Crippen LogP contribution in [0.2, 0.25) is 0 Å². The molecule has 0 aliphatic heterocycles. The molecule has 2 aliphatic rings. The molecule has 0 saturated heterocycles. The summed E-state index contributed by atoms with van der Waals surface area (Å²) in [5.41, 5.74) is 5.45. The van der Waals surface area contributed by atoms with Gasteiger partial charge in [0.05, 0.1) is 0 Å². The molecule has 2 unspecified atom stereocenters. The van der Waals surface area contributed by atoms with Crippen LogP contribution < -0.4 is 0 Å². The Balaban J connectivity index is 2.07. The molecule has 0 heterocycles. The smallest absolute Gasteiger partial charge is 0.00103 e. The zero-order chi connectivity index (χ0) is 13.6. The van der Waals surface area contributed by atoms with Crippen LogP contribution in [-0.4, -0.2) is 0 Å². The quantitative estimate of drug-likeness (QED) is 0.660. The van der Waals surface area contributed by atoms with E-state index in [9.17, 15) is 0 Å². The molecule has 0 nitrogen and oxygen atoms in total. The second kappa shape index (κ2) is 4.65. The molecule has 3 rings (SSSR count). The van der Waals surface area contributed by atoms with Crippen molar-refractivity contribution in [3.63, 3.8) is 0 Å². The predicted octanol–water partition coefficient (Wildman–Crippen LogP) is 5.45. The predicted molar refractivity (Wildman–Crippen MR) is 82.7 cm³/mol. The van der Waals surface area contributed by atoms with Crippen molar-refractivity contribution in [2.24, 2.45) is 11.8 Å². The molecule has 1 saturated carbocycles. The largest absolute Gasteiger partial charge is 0.0625 e. The van der Waals surface area contributed by atoms with Gasteiger partial charge in [-0.05, 0) is 65.5 Å². The van der Waals surface area contributed by atoms with Crippen molar-refractivity contribution in [1.82, 2.24) is 0 Å². The number of aryl methyl sites for hydroxylation is 1. The van der Waals surface area contributed by atoms with Gasteiger partial charge in [-0.3, -0.25) is 0 Å². The van der Waals surface area contributed by atoms with Crippen LogP contribution >= 0.6 is 0 Å². The minimum atomic E-state index is 0.536. The highest BCUT2D eigenvalue weighted by Crippen LogP contribution is 2.56. The van der Waals surface area contributed by atoms with E-state index in [2.05, 4.69) is 45.9 Å². The van der Waals surface area contributed by atoms with Crippen LogP contribution in [0.1, 0.15) is 76.0 Å². The summed E-state index contributed by atoms with van der Waals surface area (Å²) in [6, 6.07) is 7.35. The monoisotopic (exact) mass is 256 g/mol. The van der Waals surface area contributed by atoms with E-state index in [1.54, 1.807) is 11.1 Å². The second-order valence-electron chi connectivity index (χ2n) is 7.47. The van der Waals surface area contributed by atoms with Crippen LogP contribution in [0.3, 0.4) is 0 Å². The molecular formula is C19H28. The Labute approximate surface area is 118 Å². The third-order valence-corrected chi connectivity index (χ3v) is 5.83. The third-order valence-electron chi connectivity index (χ3n) is 5.83. The molecule has 19 heavy (non-hydrogen) atoms. The molecule has 1 aromatic rings. The van der Waals surface area contributed by atoms with Crippen molar-refractivity contribution in [3.8, 4) is 0 Å². The van der Waals surface area contributed by atoms with E-state index < -0.39 is 0 Å². The van der Waals surface area contributed by atoms with Crippen molar-refractivity contribution in [1.29, 1.82) is 0 Å². The summed E-state index contributed by atoms with van der Waals surface area (Å²) in [4.78, 5) is 0. The fourth-order valence-electron chi connectivity index (χ4n) is 4.84. The Hall–Kier alpha value is -0.780. The molecule has 2 atom stereocenters. The number of hydrogen-bond donors (Lipinski definition) is 0. The lowest BCUT2D eigenvalue weighted by atomic mass is 9.68. The van der Waals surface area contributed by atoms with E-state index in [0.717, 1.165) is 11.8 Å². The van der Waals surface area contributed by atoms with Crippen molar-refractivity contribution in [2.45, 2.75) is 71.1 Å². The first kappa shape index (κ1) is 13.2. The first-order chi connectivity index (χ1) is 9.04. The van der Waals surface area contributed by atoms with Crippen molar-refractivity contribution >= 4 is 0 Å². The molecule has 104 valence electrons. The summed E-state index contributed by atoms with van der Waals surface area (Å²) in [7, 11) is 0. The number of rotatable bonds is 2. The van der Waals surface area contributed by atoms with Crippen LogP contribution in [0.25, 0.3) is 0 Å².